The van der Waals surface area contributed by atoms with Crippen LogP contribution in [0.15, 0.2) is 34.3 Å². The zero-order valence-corrected chi connectivity index (χ0v) is 14.1. The molecule has 1 aromatic rings. The monoisotopic (exact) mass is 330 g/mol. The number of nitrogens with one attached hydrogen (secondary N) is 1. The number of hydrogen-bond acceptors (Lipinski definition) is 3. The van der Waals surface area contributed by atoms with Crippen molar-refractivity contribution in [2.75, 3.05) is 0 Å². The first-order valence-corrected chi connectivity index (χ1v) is 10.2. The Balaban J connectivity index is 1.40. The number of benzene rings is 1. The normalized spacial score (nSPS) is 41.9. The average molecular weight is 330 g/mol. The summed E-state index contributed by atoms with van der Waals surface area (Å²) in [6.45, 7) is 1.95. The minimum absolute atomic E-state index is 0.291. The molecule has 6 unspecified atom stereocenters. The molecule has 2 bridgehead atoms. The van der Waals surface area contributed by atoms with Gasteiger partial charge in [0.05, 0.1) is 4.90 Å². The van der Waals surface area contributed by atoms with Gasteiger partial charge in [0.25, 0.3) is 10.0 Å². The Kier molecular flexibility index (Phi) is 2.80. The van der Waals surface area contributed by atoms with E-state index in [-0.39, 0.29) is 0 Å². The molecule has 4 aliphatic rings. The largest absolute Gasteiger partial charge is 0.276 e. The highest BCUT2D eigenvalue weighted by Crippen LogP contribution is 2.69. The molecule has 4 nitrogen and oxygen atoms in total. The lowest BCUT2D eigenvalue weighted by atomic mass is 9.80. The van der Waals surface area contributed by atoms with E-state index in [1.165, 1.54) is 19.3 Å². The second-order valence-corrected chi connectivity index (χ2v) is 9.53. The van der Waals surface area contributed by atoms with Gasteiger partial charge < -0.3 is 0 Å². The van der Waals surface area contributed by atoms with Gasteiger partial charge in [0.15, 0.2) is 0 Å². The molecular formula is C18H22N2O2S. The van der Waals surface area contributed by atoms with Crippen LogP contribution < -0.4 is 4.83 Å². The van der Waals surface area contributed by atoms with Crippen LogP contribution in [-0.2, 0) is 10.0 Å². The summed E-state index contributed by atoms with van der Waals surface area (Å²) in [4.78, 5) is 2.80. The highest BCUT2D eigenvalue weighted by molar-refractivity contribution is 7.89. The number of fused-ring (bicyclic) bond motifs is 2. The van der Waals surface area contributed by atoms with Crippen LogP contribution in [0.4, 0.5) is 0 Å². The van der Waals surface area contributed by atoms with E-state index in [1.54, 1.807) is 12.1 Å². The Bertz CT molecular complexity index is 780. The molecule has 0 spiro atoms. The Morgan fingerprint density at radius 2 is 1.74 bits per heavy atom. The fourth-order valence-electron chi connectivity index (χ4n) is 6.18. The molecule has 0 heterocycles. The predicted molar refractivity (Wildman–Crippen MR) is 88.3 cm³/mol. The molecule has 0 radical (unpaired) electrons. The molecule has 23 heavy (non-hydrogen) atoms. The van der Waals surface area contributed by atoms with Gasteiger partial charge in [-0.25, -0.2) is 4.83 Å². The summed E-state index contributed by atoms with van der Waals surface area (Å²) in [6, 6.07) is 6.92. The quantitative estimate of drug-likeness (QED) is 0.866. The molecule has 1 aromatic carbocycles. The first kappa shape index (κ1) is 14.0. The number of nitrogens with zero attached hydrogens (tertiary/aromatic N) is 1. The maximum atomic E-state index is 12.4. The molecule has 4 saturated carbocycles. The van der Waals surface area contributed by atoms with Crippen molar-refractivity contribution in [1.82, 2.24) is 4.83 Å². The maximum Gasteiger partial charge on any atom is 0.276 e. The Morgan fingerprint density at radius 1 is 1.00 bits per heavy atom. The molecule has 0 aromatic heterocycles. The van der Waals surface area contributed by atoms with Crippen molar-refractivity contribution in [2.24, 2.45) is 40.6 Å². The van der Waals surface area contributed by atoms with E-state index >= 15 is 0 Å². The molecule has 5 heteroatoms. The van der Waals surface area contributed by atoms with Gasteiger partial charge in [-0.1, -0.05) is 17.7 Å². The van der Waals surface area contributed by atoms with E-state index in [4.69, 9.17) is 0 Å². The fraction of sp³-hybridized carbons (Fsp3) is 0.611. The van der Waals surface area contributed by atoms with Crippen LogP contribution in [0.5, 0.6) is 0 Å². The van der Waals surface area contributed by atoms with Crippen LogP contribution in [-0.4, -0.2) is 14.1 Å². The summed E-state index contributed by atoms with van der Waals surface area (Å²) in [5.74, 6) is 4.74. The Morgan fingerprint density at radius 3 is 2.52 bits per heavy atom. The third kappa shape index (κ3) is 1.89. The number of hydrazone groups is 1. The van der Waals surface area contributed by atoms with Crippen LogP contribution in [0, 0.1) is 42.4 Å². The third-order valence-corrected chi connectivity index (χ3v) is 8.19. The van der Waals surface area contributed by atoms with E-state index in [0.717, 1.165) is 47.3 Å². The summed E-state index contributed by atoms with van der Waals surface area (Å²) in [5.41, 5.74) is 2.18. The Hall–Kier alpha value is -1.36. The first-order chi connectivity index (χ1) is 11.0. The smallest absolute Gasteiger partial charge is 0.200 e. The second kappa shape index (κ2) is 4.59. The molecule has 6 atom stereocenters. The molecule has 1 N–H and O–H groups in total. The zero-order valence-electron chi connectivity index (χ0n) is 13.3. The summed E-state index contributed by atoms with van der Waals surface area (Å²) in [5, 5.41) is 4.41. The van der Waals surface area contributed by atoms with Crippen molar-refractivity contribution >= 4 is 15.7 Å². The van der Waals surface area contributed by atoms with Gasteiger partial charge in [0.1, 0.15) is 0 Å². The van der Waals surface area contributed by atoms with Crippen molar-refractivity contribution < 1.29 is 8.42 Å². The van der Waals surface area contributed by atoms with Gasteiger partial charge in [0.2, 0.25) is 0 Å². The number of rotatable bonds is 3. The minimum atomic E-state index is -3.55. The molecule has 0 aliphatic heterocycles. The van der Waals surface area contributed by atoms with Crippen molar-refractivity contribution in [3.63, 3.8) is 0 Å². The highest BCUT2D eigenvalue weighted by atomic mass is 32.2. The number of aryl methyl sites for hydroxylation is 1. The lowest BCUT2D eigenvalue weighted by molar-refractivity contribution is 0.235. The predicted octanol–water partition coefficient (Wildman–Crippen LogP) is 2.94. The summed E-state index contributed by atoms with van der Waals surface area (Å²) in [7, 11) is -3.55. The van der Waals surface area contributed by atoms with Gasteiger partial charge in [-0.3, -0.25) is 0 Å². The molecule has 4 aliphatic carbocycles. The van der Waals surface area contributed by atoms with Crippen LogP contribution in [0.2, 0.25) is 0 Å². The SMILES string of the molecule is Cc1ccc(S(=O)(=O)NN=C2CC3C4CCC5C4CC3C25)cc1. The van der Waals surface area contributed by atoms with Crippen molar-refractivity contribution in [2.45, 2.75) is 37.5 Å². The number of sulfonamides is 1. The maximum absolute atomic E-state index is 12.4. The lowest BCUT2D eigenvalue weighted by Gasteiger charge is -2.25. The lowest BCUT2D eigenvalue weighted by Crippen LogP contribution is -2.26. The van der Waals surface area contributed by atoms with E-state index in [9.17, 15) is 8.42 Å². The van der Waals surface area contributed by atoms with E-state index in [1.807, 2.05) is 19.1 Å². The first-order valence-electron chi connectivity index (χ1n) is 8.69. The van der Waals surface area contributed by atoms with Crippen LogP contribution in [0.25, 0.3) is 0 Å². The van der Waals surface area contributed by atoms with Gasteiger partial charge in [-0.05, 0) is 74.3 Å². The minimum Gasteiger partial charge on any atom is -0.200 e. The summed E-state index contributed by atoms with van der Waals surface area (Å²) >= 11 is 0. The van der Waals surface area contributed by atoms with Crippen molar-refractivity contribution in [1.29, 1.82) is 0 Å². The van der Waals surface area contributed by atoms with Gasteiger partial charge in [-0.15, -0.1) is 0 Å². The second-order valence-electron chi connectivity index (χ2n) is 7.87. The molecule has 5 rings (SSSR count). The van der Waals surface area contributed by atoms with Crippen molar-refractivity contribution in [3.05, 3.63) is 29.8 Å². The van der Waals surface area contributed by atoms with Gasteiger partial charge in [-0.2, -0.15) is 13.5 Å². The number of hydrogen-bond donors (Lipinski definition) is 1. The zero-order chi connectivity index (χ0) is 15.8. The van der Waals surface area contributed by atoms with Crippen molar-refractivity contribution in [3.8, 4) is 0 Å². The highest BCUT2D eigenvalue weighted by Gasteiger charge is 2.65. The molecule has 0 amide bonds. The topological polar surface area (TPSA) is 58.5 Å². The van der Waals surface area contributed by atoms with Gasteiger partial charge >= 0.3 is 0 Å². The van der Waals surface area contributed by atoms with E-state index < -0.39 is 10.0 Å². The molecule has 122 valence electrons. The molecule has 0 saturated heterocycles. The van der Waals surface area contributed by atoms with Crippen LogP contribution in [0.3, 0.4) is 0 Å². The Labute approximate surface area is 137 Å². The van der Waals surface area contributed by atoms with E-state index in [2.05, 4.69) is 9.93 Å². The summed E-state index contributed by atoms with van der Waals surface area (Å²) in [6.07, 6.45) is 5.12. The standard InChI is InChI=1S/C18H22N2O2S/c1-10-2-4-11(5-3-10)23(21,22)20-19-17-9-15-12-6-7-13-14(12)8-16(15)18(13)17/h2-5,12-16,18,20H,6-9H2,1H3. The molecular weight excluding hydrogens is 308 g/mol. The van der Waals surface area contributed by atoms with Crippen LogP contribution in [0.1, 0.15) is 31.2 Å². The van der Waals surface area contributed by atoms with E-state index in [0.29, 0.717) is 10.8 Å². The third-order valence-electron chi connectivity index (χ3n) is 6.97. The fourth-order valence-corrected chi connectivity index (χ4v) is 7.02. The van der Waals surface area contributed by atoms with Gasteiger partial charge in [0, 0.05) is 11.6 Å². The summed E-state index contributed by atoms with van der Waals surface area (Å²) < 4.78 is 24.9. The molecule has 4 fully saturated rings. The van der Waals surface area contributed by atoms with Crippen LogP contribution >= 0.6 is 0 Å². The average Bonchev–Trinajstić information content (AvgIpc) is 3.15.